The van der Waals surface area contributed by atoms with Crippen LogP contribution in [0.15, 0.2) is 52.8 Å². The Labute approximate surface area is 168 Å². The van der Waals surface area contributed by atoms with Gasteiger partial charge in [0.2, 0.25) is 11.7 Å². The molecule has 3 aromatic rings. The topological polar surface area (TPSA) is 116 Å². The molecular formula is C18H16FN5O4S. The number of aromatic nitrogens is 3. The van der Waals surface area contributed by atoms with E-state index in [-0.39, 0.29) is 11.4 Å². The molecule has 0 unspecified atom stereocenters. The van der Waals surface area contributed by atoms with Crippen LogP contribution >= 0.6 is 11.8 Å². The number of halogens is 1. The molecule has 0 atom stereocenters. The third kappa shape index (κ3) is 4.51. The number of nitro benzene ring substituents is 1. The van der Waals surface area contributed by atoms with Gasteiger partial charge in [0.1, 0.15) is 5.76 Å². The lowest BCUT2D eigenvalue weighted by atomic mass is 10.2. The van der Waals surface area contributed by atoms with Gasteiger partial charge in [0.25, 0.3) is 0 Å². The first kappa shape index (κ1) is 20.3. The van der Waals surface area contributed by atoms with Crippen LogP contribution in [-0.4, -0.2) is 31.3 Å². The molecule has 0 bridgehead atoms. The number of carbonyl (C=O) groups is 1. The number of benzene rings is 1. The SMILES string of the molecule is C=CCn1c(SCC(=O)Nc2ccc(F)c([N+](=O)[O-])c2)nnc1-c1ccoc1C. The van der Waals surface area contributed by atoms with E-state index < -0.39 is 22.3 Å². The van der Waals surface area contributed by atoms with Crippen LogP contribution in [0.5, 0.6) is 0 Å². The molecule has 29 heavy (non-hydrogen) atoms. The highest BCUT2D eigenvalue weighted by atomic mass is 32.2. The van der Waals surface area contributed by atoms with Gasteiger partial charge in [-0.1, -0.05) is 17.8 Å². The van der Waals surface area contributed by atoms with Crippen molar-refractivity contribution in [2.24, 2.45) is 0 Å². The van der Waals surface area contributed by atoms with Crippen molar-refractivity contribution in [3.63, 3.8) is 0 Å². The number of nitrogens with zero attached hydrogens (tertiary/aromatic N) is 4. The average molecular weight is 417 g/mol. The molecule has 2 heterocycles. The Balaban J connectivity index is 1.71. The molecule has 0 aliphatic heterocycles. The molecule has 0 aliphatic carbocycles. The van der Waals surface area contributed by atoms with Gasteiger partial charge in [0.05, 0.1) is 22.5 Å². The second-order valence-electron chi connectivity index (χ2n) is 5.86. The van der Waals surface area contributed by atoms with Crippen molar-refractivity contribution in [3.8, 4) is 11.4 Å². The summed E-state index contributed by atoms with van der Waals surface area (Å²) in [4.78, 5) is 22.2. The fourth-order valence-electron chi connectivity index (χ4n) is 2.56. The van der Waals surface area contributed by atoms with Crippen molar-refractivity contribution >= 4 is 29.0 Å². The third-order valence-electron chi connectivity index (χ3n) is 3.89. The van der Waals surface area contributed by atoms with Crippen molar-refractivity contribution in [3.05, 3.63) is 64.9 Å². The van der Waals surface area contributed by atoms with Crippen molar-refractivity contribution in [1.82, 2.24) is 14.8 Å². The molecule has 1 amide bonds. The van der Waals surface area contributed by atoms with Crippen molar-refractivity contribution in [2.45, 2.75) is 18.6 Å². The largest absolute Gasteiger partial charge is 0.469 e. The quantitative estimate of drug-likeness (QED) is 0.256. The second kappa shape index (κ2) is 8.69. The predicted octanol–water partition coefficient (Wildman–Crippen LogP) is 3.81. The lowest BCUT2D eigenvalue weighted by molar-refractivity contribution is -0.387. The fraction of sp³-hybridized carbons (Fsp3) is 0.167. The van der Waals surface area contributed by atoms with Crippen LogP contribution in [0.2, 0.25) is 0 Å². The van der Waals surface area contributed by atoms with Crippen molar-refractivity contribution < 1.29 is 18.5 Å². The van der Waals surface area contributed by atoms with Gasteiger partial charge in [0.15, 0.2) is 11.0 Å². The average Bonchev–Trinajstić information content (AvgIpc) is 3.27. The molecule has 3 rings (SSSR count). The first-order valence-corrected chi connectivity index (χ1v) is 9.34. The van der Waals surface area contributed by atoms with E-state index in [9.17, 15) is 19.3 Å². The molecule has 0 aliphatic rings. The van der Waals surface area contributed by atoms with Gasteiger partial charge in [0, 0.05) is 18.3 Å². The molecule has 0 fully saturated rings. The summed E-state index contributed by atoms with van der Waals surface area (Å²) in [6.07, 6.45) is 3.24. The minimum atomic E-state index is -0.970. The zero-order valence-corrected chi connectivity index (χ0v) is 16.1. The lowest BCUT2D eigenvalue weighted by Gasteiger charge is -2.08. The summed E-state index contributed by atoms with van der Waals surface area (Å²) in [6.45, 7) is 5.97. The third-order valence-corrected chi connectivity index (χ3v) is 4.85. The molecule has 0 spiro atoms. The van der Waals surface area contributed by atoms with Gasteiger partial charge in [-0.25, -0.2) is 0 Å². The number of hydrogen-bond acceptors (Lipinski definition) is 7. The number of rotatable bonds is 8. The molecule has 0 saturated heterocycles. The Kier molecular flexibility index (Phi) is 6.07. The van der Waals surface area contributed by atoms with Crippen LogP contribution < -0.4 is 5.32 Å². The zero-order valence-electron chi connectivity index (χ0n) is 15.3. The number of amides is 1. The number of anilines is 1. The van der Waals surface area contributed by atoms with E-state index in [1.54, 1.807) is 23.0 Å². The minimum absolute atomic E-state index is 0.0230. The normalized spacial score (nSPS) is 10.7. The van der Waals surface area contributed by atoms with E-state index in [1.165, 1.54) is 6.07 Å². The monoisotopic (exact) mass is 417 g/mol. The number of nitro groups is 1. The number of carbonyl (C=O) groups excluding carboxylic acids is 1. The second-order valence-corrected chi connectivity index (χ2v) is 6.80. The maximum atomic E-state index is 13.4. The Morgan fingerprint density at radius 1 is 1.45 bits per heavy atom. The molecule has 1 N–H and O–H groups in total. The van der Waals surface area contributed by atoms with Gasteiger partial charge in [-0.05, 0) is 25.1 Å². The lowest BCUT2D eigenvalue weighted by Crippen LogP contribution is -2.15. The van der Waals surface area contributed by atoms with E-state index in [1.807, 2.05) is 6.92 Å². The first-order valence-electron chi connectivity index (χ1n) is 8.36. The fourth-order valence-corrected chi connectivity index (χ4v) is 3.31. The Morgan fingerprint density at radius 2 is 2.24 bits per heavy atom. The van der Waals surface area contributed by atoms with E-state index in [0.29, 0.717) is 23.3 Å². The number of thioether (sulfide) groups is 1. The first-order chi connectivity index (χ1) is 13.9. The predicted molar refractivity (Wildman–Crippen MR) is 105 cm³/mol. The van der Waals surface area contributed by atoms with Crippen LogP contribution in [0.4, 0.5) is 15.8 Å². The van der Waals surface area contributed by atoms with Gasteiger partial charge in [-0.15, -0.1) is 16.8 Å². The molecule has 9 nitrogen and oxygen atoms in total. The minimum Gasteiger partial charge on any atom is -0.469 e. The molecule has 11 heteroatoms. The van der Waals surface area contributed by atoms with E-state index >= 15 is 0 Å². The van der Waals surface area contributed by atoms with Crippen LogP contribution in [0, 0.1) is 22.9 Å². The van der Waals surface area contributed by atoms with Crippen LogP contribution in [0.3, 0.4) is 0 Å². The van der Waals surface area contributed by atoms with Gasteiger partial charge >= 0.3 is 5.69 Å². The standard InChI is InChI=1S/C18H16FN5O4S/c1-3-7-23-17(13-6-8-28-11(13)2)21-22-18(23)29-10-16(25)20-12-4-5-14(19)15(9-12)24(26)27/h3-6,8-9H,1,7,10H2,2H3,(H,20,25). The zero-order chi connectivity index (χ0) is 21.0. The van der Waals surface area contributed by atoms with Crippen LogP contribution in [0.1, 0.15) is 5.76 Å². The summed E-state index contributed by atoms with van der Waals surface area (Å²) in [5, 5.41) is 22.1. The van der Waals surface area contributed by atoms with Gasteiger partial charge < -0.3 is 9.73 Å². The van der Waals surface area contributed by atoms with Crippen molar-refractivity contribution in [2.75, 3.05) is 11.1 Å². The Morgan fingerprint density at radius 3 is 2.90 bits per heavy atom. The number of allylic oxidation sites excluding steroid dienone is 1. The highest BCUT2D eigenvalue weighted by molar-refractivity contribution is 7.99. The van der Waals surface area contributed by atoms with Crippen LogP contribution in [-0.2, 0) is 11.3 Å². The maximum absolute atomic E-state index is 13.4. The van der Waals surface area contributed by atoms with Gasteiger partial charge in [-0.3, -0.25) is 19.5 Å². The highest BCUT2D eigenvalue weighted by Crippen LogP contribution is 2.27. The number of nitrogens with one attached hydrogen (secondary N) is 1. The molecule has 0 saturated carbocycles. The molecule has 0 radical (unpaired) electrons. The van der Waals surface area contributed by atoms with Crippen LogP contribution in [0.25, 0.3) is 11.4 Å². The molecular weight excluding hydrogens is 401 g/mol. The number of aryl methyl sites for hydroxylation is 1. The Hall–Kier alpha value is -3.47. The summed E-state index contributed by atoms with van der Waals surface area (Å²) >= 11 is 1.14. The summed E-state index contributed by atoms with van der Waals surface area (Å²) in [5.41, 5.74) is 0.210. The smallest absolute Gasteiger partial charge is 0.306 e. The summed E-state index contributed by atoms with van der Waals surface area (Å²) in [7, 11) is 0. The van der Waals surface area contributed by atoms with Gasteiger partial charge in [-0.2, -0.15) is 4.39 Å². The van der Waals surface area contributed by atoms with E-state index in [2.05, 4.69) is 22.1 Å². The van der Waals surface area contributed by atoms with E-state index in [4.69, 9.17) is 4.42 Å². The molecule has 1 aromatic carbocycles. The number of hydrogen-bond donors (Lipinski definition) is 1. The summed E-state index contributed by atoms with van der Waals surface area (Å²) in [6, 6.07) is 4.94. The summed E-state index contributed by atoms with van der Waals surface area (Å²) in [5.74, 6) is -0.139. The highest BCUT2D eigenvalue weighted by Gasteiger charge is 2.19. The molecule has 2 aromatic heterocycles. The summed E-state index contributed by atoms with van der Waals surface area (Å²) < 4.78 is 20.5. The number of furan rings is 1. The van der Waals surface area contributed by atoms with E-state index in [0.717, 1.165) is 29.5 Å². The van der Waals surface area contributed by atoms with Crippen molar-refractivity contribution in [1.29, 1.82) is 0 Å². The molecule has 150 valence electrons. The Bertz CT molecular complexity index is 1080. The maximum Gasteiger partial charge on any atom is 0.306 e.